The third-order valence-corrected chi connectivity index (χ3v) is 2.34. The zero-order chi connectivity index (χ0) is 9.19. The standard InChI is InChI=1S/C8H8O3S.Na.H2O.H/c1-2-7-5-3-4-6-8(7)12(9,10)11;;;/h2-6H,1H2,(H,9,10,11);;1H2;. The van der Waals surface area contributed by atoms with E-state index in [1.165, 1.54) is 18.2 Å². The second-order valence-corrected chi connectivity index (χ2v) is 3.61. The Bertz CT molecular complexity index is 400. The van der Waals surface area contributed by atoms with Crippen LogP contribution in [0.4, 0.5) is 0 Å². The van der Waals surface area contributed by atoms with E-state index in [1.54, 1.807) is 12.1 Å². The maximum atomic E-state index is 10.7. The van der Waals surface area contributed by atoms with Crippen molar-refractivity contribution in [1.29, 1.82) is 0 Å². The van der Waals surface area contributed by atoms with Crippen LogP contribution in [0.3, 0.4) is 0 Å². The summed E-state index contributed by atoms with van der Waals surface area (Å²) < 4.78 is 30.2. The number of hydrogen-bond donors (Lipinski definition) is 1. The van der Waals surface area contributed by atoms with Crippen molar-refractivity contribution in [2.45, 2.75) is 4.90 Å². The van der Waals surface area contributed by atoms with E-state index < -0.39 is 10.1 Å². The van der Waals surface area contributed by atoms with E-state index >= 15 is 0 Å². The third-order valence-electron chi connectivity index (χ3n) is 1.42. The Morgan fingerprint density at radius 1 is 1.29 bits per heavy atom. The Labute approximate surface area is 105 Å². The number of hydrogen-bond acceptors (Lipinski definition) is 2. The molecule has 0 saturated heterocycles. The average molecular weight is 226 g/mol. The summed E-state index contributed by atoms with van der Waals surface area (Å²) >= 11 is 0. The Hall–Kier alpha value is -0.170. The molecule has 0 fully saturated rings. The summed E-state index contributed by atoms with van der Waals surface area (Å²) in [5.74, 6) is 0. The fourth-order valence-electron chi connectivity index (χ4n) is 0.884. The Kier molecular flexibility index (Phi) is 7.37. The molecular weight excluding hydrogens is 215 g/mol. The molecule has 0 aliphatic heterocycles. The van der Waals surface area contributed by atoms with E-state index in [9.17, 15) is 8.42 Å². The number of benzene rings is 1. The van der Waals surface area contributed by atoms with Crippen LogP contribution in [-0.4, -0.2) is 48.0 Å². The van der Waals surface area contributed by atoms with Gasteiger partial charge in [-0.3, -0.25) is 4.55 Å². The molecule has 0 aromatic heterocycles. The van der Waals surface area contributed by atoms with E-state index in [1.807, 2.05) is 0 Å². The molecule has 0 radical (unpaired) electrons. The summed E-state index contributed by atoms with van der Waals surface area (Å²) in [4.78, 5) is -0.111. The van der Waals surface area contributed by atoms with Gasteiger partial charge >= 0.3 is 29.6 Å². The van der Waals surface area contributed by atoms with Gasteiger partial charge < -0.3 is 5.48 Å². The fourth-order valence-corrected chi connectivity index (χ4v) is 1.58. The van der Waals surface area contributed by atoms with Crippen LogP contribution in [0.2, 0.25) is 0 Å². The van der Waals surface area contributed by atoms with Gasteiger partial charge in [0.1, 0.15) is 4.90 Å². The summed E-state index contributed by atoms with van der Waals surface area (Å²) in [6, 6.07) is 6.10. The normalized spacial score (nSPS) is 9.50. The van der Waals surface area contributed by atoms with Crippen molar-refractivity contribution >= 4 is 45.8 Å². The molecule has 6 heteroatoms. The molecule has 0 unspecified atom stereocenters. The third kappa shape index (κ3) is 3.91. The van der Waals surface area contributed by atoms with Gasteiger partial charge in [0.2, 0.25) is 0 Å². The molecule has 1 aromatic carbocycles. The Morgan fingerprint density at radius 3 is 2.14 bits per heavy atom. The first-order valence-electron chi connectivity index (χ1n) is 3.24. The molecular formula is C8H11NaO4S. The molecule has 0 heterocycles. The Balaban J connectivity index is 0. The van der Waals surface area contributed by atoms with E-state index in [0.29, 0.717) is 5.56 Å². The van der Waals surface area contributed by atoms with Gasteiger partial charge in [-0.05, 0) is 11.6 Å². The zero-order valence-electron chi connectivity index (χ0n) is 6.77. The van der Waals surface area contributed by atoms with Gasteiger partial charge in [0.05, 0.1) is 0 Å². The molecule has 0 spiro atoms. The molecule has 14 heavy (non-hydrogen) atoms. The van der Waals surface area contributed by atoms with Gasteiger partial charge in [0.15, 0.2) is 0 Å². The topological polar surface area (TPSA) is 85.9 Å². The quantitative estimate of drug-likeness (QED) is 0.573. The molecule has 1 rings (SSSR count). The van der Waals surface area contributed by atoms with E-state index in [-0.39, 0.29) is 39.9 Å². The van der Waals surface area contributed by atoms with Crippen LogP contribution >= 0.6 is 0 Å². The molecule has 0 atom stereocenters. The van der Waals surface area contributed by atoms with Crippen molar-refractivity contribution in [2.24, 2.45) is 0 Å². The van der Waals surface area contributed by atoms with Crippen LogP contribution in [0.25, 0.3) is 6.08 Å². The zero-order valence-corrected chi connectivity index (χ0v) is 7.58. The van der Waals surface area contributed by atoms with Gasteiger partial charge in [0, 0.05) is 0 Å². The minimum atomic E-state index is -4.12. The SMILES string of the molecule is C=Cc1ccccc1S(=O)(=O)O.O.[NaH]. The average Bonchev–Trinajstić information content (AvgIpc) is 2.03. The minimum absolute atomic E-state index is 0. The van der Waals surface area contributed by atoms with Crippen molar-refractivity contribution in [3.05, 3.63) is 36.4 Å². The molecule has 1 aromatic rings. The molecule has 4 nitrogen and oxygen atoms in total. The molecule has 0 saturated carbocycles. The second-order valence-electron chi connectivity index (χ2n) is 2.22. The van der Waals surface area contributed by atoms with Gasteiger partial charge in [-0.2, -0.15) is 8.42 Å². The Morgan fingerprint density at radius 2 is 1.79 bits per heavy atom. The second kappa shape index (κ2) is 6.34. The maximum absolute atomic E-state index is 10.7. The van der Waals surface area contributed by atoms with Gasteiger partial charge in [-0.25, -0.2) is 0 Å². The van der Waals surface area contributed by atoms with Crippen LogP contribution in [0, 0.1) is 0 Å². The molecule has 0 amide bonds. The molecule has 0 aliphatic rings. The summed E-state index contributed by atoms with van der Waals surface area (Å²) in [5, 5.41) is 0. The van der Waals surface area contributed by atoms with Crippen LogP contribution < -0.4 is 0 Å². The van der Waals surface area contributed by atoms with E-state index in [4.69, 9.17) is 4.55 Å². The van der Waals surface area contributed by atoms with Crippen molar-refractivity contribution in [3.63, 3.8) is 0 Å². The molecule has 0 bridgehead atoms. The summed E-state index contributed by atoms with van der Waals surface area (Å²) in [5.41, 5.74) is 0.403. The predicted octanol–water partition coefficient (Wildman–Crippen LogP) is 0.103. The van der Waals surface area contributed by atoms with Crippen molar-refractivity contribution in [3.8, 4) is 0 Å². The van der Waals surface area contributed by atoms with Crippen LogP contribution in [0.1, 0.15) is 5.56 Å². The van der Waals surface area contributed by atoms with Crippen LogP contribution in [0.5, 0.6) is 0 Å². The fraction of sp³-hybridized carbons (Fsp3) is 0. The van der Waals surface area contributed by atoms with Crippen molar-refractivity contribution in [2.75, 3.05) is 0 Å². The van der Waals surface area contributed by atoms with Crippen molar-refractivity contribution < 1.29 is 18.4 Å². The first-order valence-corrected chi connectivity index (χ1v) is 4.68. The number of rotatable bonds is 2. The monoisotopic (exact) mass is 226 g/mol. The van der Waals surface area contributed by atoms with Gasteiger partial charge in [-0.1, -0.05) is 30.9 Å². The van der Waals surface area contributed by atoms with Gasteiger partial charge in [0.25, 0.3) is 10.1 Å². The first kappa shape index (κ1) is 16.3. The summed E-state index contributed by atoms with van der Waals surface area (Å²) in [6.07, 6.45) is 1.38. The van der Waals surface area contributed by atoms with E-state index in [0.717, 1.165) is 0 Å². The first-order chi connectivity index (χ1) is 5.55. The molecule has 74 valence electrons. The predicted molar refractivity (Wildman–Crippen MR) is 57.1 cm³/mol. The molecule has 0 aliphatic carbocycles. The van der Waals surface area contributed by atoms with Crippen molar-refractivity contribution in [1.82, 2.24) is 0 Å². The molecule has 3 N–H and O–H groups in total. The summed E-state index contributed by atoms with van der Waals surface area (Å²) in [7, 11) is -4.12. The van der Waals surface area contributed by atoms with E-state index in [2.05, 4.69) is 6.58 Å². The van der Waals surface area contributed by atoms with Crippen LogP contribution in [-0.2, 0) is 10.1 Å². The summed E-state index contributed by atoms with van der Waals surface area (Å²) in [6.45, 7) is 3.43. The van der Waals surface area contributed by atoms with Crippen LogP contribution in [0.15, 0.2) is 35.7 Å². The van der Waals surface area contributed by atoms with Gasteiger partial charge in [-0.15, -0.1) is 0 Å².